The second kappa shape index (κ2) is 31.0. The summed E-state index contributed by atoms with van der Waals surface area (Å²) >= 11 is 0. The summed E-state index contributed by atoms with van der Waals surface area (Å²) in [5, 5.41) is 17.9. The molecule has 0 heterocycles. The zero-order valence-corrected chi connectivity index (χ0v) is 25.8. The van der Waals surface area contributed by atoms with Crippen LogP contribution in [0.5, 0.6) is 0 Å². The molecule has 0 fully saturated rings. The number of unbranched alkanes of at least 4 members (excludes halogenated alkanes) is 10. The van der Waals surface area contributed by atoms with E-state index in [-0.39, 0.29) is 25.7 Å². The van der Waals surface area contributed by atoms with Gasteiger partial charge in [-0.2, -0.15) is 0 Å². The van der Waals surface area contributed by atoms with Crippen molar-refractivity contribution in [2.75, 3.05) is 39.5 Å². The highest BCUT2D eigenvalue weighted by Crippen LogP contribution is 2.37. The monoisotopic (exact) mass is 563 g/mol. The Morgan fingerprint density at radius 1 is 0.711 bits per heavy atom. The lowest BCUT2D eigenvalue weighted by Crippen LogP contribution is -2.30. The number of allylic oxidation sites excluding steroid dienone is 4. The van der Waals surface area contributed by atoms with Gasteiger partial charge in [0.2, 0.25) is 0 Å². The predicted molar refractivity (Wildman–Crippen MR) is 161 cm³/mol. The highest BCUT2D eigenvalue weighted by Gasteiger charge is 2.16. The smallest absolute Gasteiger partial charge is 0.395 e. The van der Waals surface area contributed by atoms with Gasteiger partial charge < -0.3 is 20.0 Å². The quantitative estimate of drug-likeness (QED) is 0.0493. The molecule has 0 bridgehead atoms. The first kappa shape index (κ1) is 39.6. The molecule has 0 aliphatic heterocycles. The molecule has 0 saturated carbocycles. The molecular weight excluding hydrogens is 501 g/mol. The Balaban J connectivity index is 0. The highest BCUT2D eigenvalue weighted by atomic mass is 31.2. The summed E-state index contributed by atoms with van der Waals surface area (Å²) in [6.45, 7) is 9.24. The van der Waals surface area contributed by atoms with E-state index in [1.54, 1.807) is 0 Å². The van der Waals surface area contributed by atoms with Crippen molar-refractivity contribution in [1.82, 2.24) is 4.90 Å². The number of phosphoric acid groups is 1. The molecule has 0 aliphatic carbocycles. The van der Waals surface area contributed by atoms with E-state index in [0.29, 0.717) is 13.1 Å². The van der Waals surface area contributed by atoms with E-state index in [0.717, 1.165) is 38.6 Å². The number of hydrogen-bond acceptors (Lipinski definition) is 5. The van der Waals surface area contributed by atoms with Crippen LogP contribution in [0.15, 0.2) is 24.3 Å². The van der Waals surface area contributed by atoms with Crippen LogP contribution in [0.25, 0.3) is 0 Å². The number of hydrogen-bond donors (Lipinski definition) is 4. The Hall–Kier alpha value is -0.530. The number of phosphoric ester groups is 1. The number of aliphatic hydroxyl groups excluding tert-OH is 2. The molecule has 0 aromatic carbocycles. The second-order valence-electron chi connectivity index (χ2n) is 10.1. The van der Waals surface area contributed by atoms with Crippen LogP contribution < -0.4 is 0 Å². The van der Waals surface area contributed by atoms with Crippen molar-refractivity contribution >= 4 is 7.82 Å². The topological polar surface area (TPSA) is 110 Å². The van der Waals surface area contributed by atoms with Crippen molar-refractivity contribution in [2.24, 2.45) is 5.92 Å². The van der Waals surface area contributed by atoms with Crippen LogP contribution in [-0.2, 0) is 9.09 Å². The first-order valence-corrected chi connectivity index (χ1v) is 16.8. The molecular formula is C30H62NO6P. The van der Waals surface area contributed by atoms with Gasteiger partial charge in [-0.15, -0.1) is 0 Å². The van der Waals surface area contributed by atoms with Crippen molar-refractivity contribution in [2.45, 2.75) is 124 Å². The molecule has 0 rings (SSSR count). The summed E-state index contributed by atoms with van der Waals surface area (Å²) in [6, 6.07) is 0. The van der Waals surface area contributed by atoms with Gasteiger partial charge in [-0.05, 0) is 57.4 Å². The van der Waals surface area contributed by atoms with Gasteiger partial charge in [0.25, 0.3) is 0 Å². The maximum atomic E-state index is 10.4. The molecule has 0 spiro atoms. The van der Waals surface area contributed by atoms with Crippen LogP contribution >= 0.6 is 7.82 Å². The molecule has 0 aromatic heterocycles. The molecule has 8 heteroatoms. The van der Waals surface area contributed by atoms with Crippen molar-refractivity contribution < 1.29 is 29.1 Å². The van der Waals surface area contributed by atoms with Crippen molar-refractivity contribution in [3.63, 3.8) is 0 Å². The molecule has 0 amide bonds. The fourth-order valence-corrected chi connectivity index (χ4v) is 4.45. The average molecular weight is 564 g/mol. The van der Waals surface area contributed by atoms with Gasteiger partial charge in [0.15, 0.2) is 0 Å². The Kier molecular flexibility index (Phi) is 32.3. The van der Waals surface area contributed by atoms with Crippen LogP contribution in [0.3, 0.4) is 0 Å². The van der Waals surface area contributed by atoms with Gasteiger partial charge in [0.05, 0.1) is 19.8 Å². The van der Waals surface area contributed by atoms with Gasteiger partial charge in [-0.25, -0.2) is 4.57 Å². The minimum Gasteiger partial charge on any atom is -0.395 e. The fraction of sp³-hybridized carbons (Fsp3) is 0.867. The zero-order chi connectivity index (χ0) is 28.7. The second-order valence-corrected chi connectivity index (χ2v) is 11.3. The summed E-state index contributed by atoms with van der Waals surface area (Å²) < 4.78 is 14.8. The zero-order valence-electron chi connectivity index (χ0n) is 24.9. The molecule has 0 aromatic rings. The third-order valence-corrected chi connectivity index (χ3v) is 7.01. The molecule has 1 atom stereocenters. The van der Waals surface area contributed by atoms with E-state index >= 15 is 0 Å². The molecule has 38 heavy (non-hydrogen) atoms. The van der Waals surface area contributed by atoms with Crippen LogP contribution in [0.4, 0.5) is 0 Å². The van der Waals surface area contributed by atoms with Crippen LogP contribution in [0.1, 0.15) is 124 Å². The van der Waals surface area contributed by atoms with Gasteiger partial charge in [-0.1, -0.05) is 103 Å². The average Bonchev–Trinajstić information content (AvgIpc) is 2.88. The minimum absolute atomic E-state index is 0.167. The largest absolute Gasteiger partial charge is 0.469 e. The molecule has 0 aliphatic rings. The molecule has 0 radical (unpaired) electrons. The van der Waals surface area contributed by atoms with E-state index < -0.39 is 7.82 Å². The van der Waals surface area contributed by atoms with Gasteiger partial charge in [0.1, 0.15) is 0 Å². The number of rotatable bonds is 26. The predicted octanol–water partition coefficient (Wildman–Crippen LogP) is 7.40. The lowest BCUT2D eigenvalue weighted by Gasteiger charge is -2.19. The number of nitrogens with zero attached hydrogens (tertiary/aromatic N) is 1. The SMILES string of the molecule is CCCCC(CC)COP(=O)(O)O.CCCCC/C=C\C/C=C\CCCCCCCCN(CCO)CCO. The maximum Gasteiger partial charge on any atom is 0.469 e. The molecule has 0 saturated heterocycles. The van der Waals surface area contributed by atoms with Gasteiger partial charge in [0, 0.05) is 13.1 Å². The van der Waals surface area contributed by atoms with Crippen molar-refractivity contribution in [3.8, 4) is 0 Å². The Morgan fingerprint density at radius 2 is 1.24 bits per heavy atom. The molecule has 1 unspecified atom stereocenters. The first-order valence-electron chi connectivity index (χ1n) is 15.3. The van der Waals surface area contributed by atoms with E-state index in [9.17, 15) is 4.57 Å². The van der Waals surface area contributed by atoms with Crippen molar-refractivity contribution in [1.29, 1.82) is 0 Å². The van der Waals surface area contributed by atoms with E-state index in [4.69, 9.17) is 20.0 Å². The summed E-state index contributed by atoms with van der Waals surface area (Å²) in [7, 11) is -4.26. The molecule has 4 N–H and O–H groups in total. The number of aliphatic hydroxyl groups is 2. The highest BCUT2D eigenvalue weighted by molar-refractivity contribution is 7.46. The van der Waals surface area contributed by atoms with E-state index in [2.05, 4.69) is 47.6 Å². The summed E-state index contributed by atoms with van der Waals surface area (Å²) in [4.78, 5) is 19.1. The lowest BCUT2D eigenvalue weighted by atomic mass is 10.0. The summed E-state index contributed by atoms with van der Waals surface area (Å²) in [6.07, 6.45) is 28.5. The third kappa shape index (κ3) is 33.5. The summed E-state index contributed by atoms with van der Waals surface area (Å²) in [5.41, 5.74) is 0. The minimum atomic E-state index is -4.26. The Labute approximate surface area is 235 Å². The first-order chi connectivity index (χ1) is 18.3. The van der Waals surface area contributed by atoms with E-state index in [1.807, 2.05) is 6.92 Å². The van der Waals surface area contributed by atoms with Crippen LogP contribution in [0, 0.1) is 5.92 Å². The van der Waals surface area contributed by atoms with E-state index in [1.165, 1.54) is 70.6 Å². The van der Waals surface area contributed by atoms with Crippen LogP contribution in [0.2, 0.25) is 0 Å². The van der Waals surface area contributed by atoms with Crippen LogP contribution in [-0.4, -0.2) is 64.4 Å². The Bertz CT molecular complexity index is 561. The van der Waals surface area contributed by atoms with Crippen molar-refractivity contribution in [3.05, 3.63) is 24.3 Å². The molecule has 228 valence electrons. The lowest BCUT2D eigenvalue weighted by molar-refractivity contribution is 0.159. The molecule has 7 nitrogen and oxygen atoms in total. The normalized spacial score (nSPS) is 12.9. The van der Waals surface area contributed by atoms with Gasteiger partial charge >= 0.3 is 7.82 Å². The standard InChI is InChI=1S/C22H43NO2.C8H19O4P/c1-2-3-4-5-6-7-8-9-10-11-12-13-14-15-16-17-18-23(19-21-24)20-22-25;1-3-5-6-8(4-2)7-12-13(9,10)11/h6-7,9-10,24-25H,2-5,8,11-22H2,1H3;8H,3-7H2,1-2H3,(H2,9,10,11)/b7-6-,10-9-;. The van der Waals surface area contributed by atoms with Gasteiger partial charge in [-0.3, -0.25) is 9.42 Å². The third-order valence-electron chi connectivity index (χ3n) is 6.53. The summed E-state index contributed by atoms with van der Waals surface area (Å²) in [5.74, 6) is 0.271. The maximum absolute atomic E-state index is 10.4. The Morgan fingerprint density at radius 3 is 1.74 bits per heavy atom. The fourth-order valence-electron chi connectivity index (χ4n) is 4.04.